The molecule has 0 aliphatic rings. The SMILES string of the molecule is O=C(N/N=C\c1cc(Br)ccc1O)c1ccc(NC(=O)c2ccccc2Br)cc1. The van der Waals surface area contributed by atoms with Crippen LogP contribution in [0.5, 0.6) is 5.75 Å². The van der Waals surface area contributed by atoms with Gasteiger partial charge in [-0.3, -0.25) is 9.59 Å². The monoisotopic (exact) mass is 515 g/mol. The molecule has 0 atom stereocenters. The van der Waals surface area contributed by atoms with Crippen LogP contribution >= 0.6 is 31.9 Å². The summed E-state index contributed by atoms with van der Waals surface area (Å²) >= 11 is 6.65. The number of nitrogens with one attached hydrogen (secondary N) is 2. The molecule has 0 aromatic heterocycles. The third kappa shape index (κ3) is 5.52. The average molecular weight is 517 g/mol. The zero-order valence-corrected chi connectivity index (χ0v) is 18.1. The lowest BCUT2D eigenvalue weighted by Crippen LogP contribution is -2.18. The van der Waals surface area contributed by atoms with Crippen LogP contribution in [0, 0.1) is 0 Å². The summed E-state index contributed by atoms with van der Waals surface area (Å²) in [6.45, 7) is 0. The number of carbonyl (C=O) groups is 2. The highest BCUT2D eigenvalue weighted by molar-refractivity contribution is 9.10. The number of hydrazone groups is 1. The summed E-state index contributed by atoms with van der Waals surface area (Å²) in [6.07, 6.45) is 1.35. The lowest BCUT2D eigenvalue weighted by molar-refractivity contribution is 0.0954. The van der Waals surface area contributed by atoms with Crippen LogP contribution in [0.15, 0.2) is 80.8 Å². The number of phenols is 1. The molecule has 0 spiro atoms. The number of nitrogens with zero attached hydrogens (tertiary/aromatic N) is 1. The summed E-state index contributed by atoms with van der Waals surface area (Å²) < 4.78 is 1.48. The normalized spacial score (nSPS) is 10.7. The molecule has 3 aromatic rings. The number of hydrogen-bond acceptors (Lipinski definition) is 4. The van der Waals surface area contributed by atoms with Crippen molar-refractivity contribution in [2.24, 2.45) is 5.10 Å². The zero-order chi connectivity index (χ0) is 20.8. The molecule has 0 aliphatic carbocycles. The largest absolute Gasteiger partial charge is 0.507 e. The van der Waals surface area contributed by atoms with Crippen LogP contribution < -0.4 is 10.7 Å². The highest BCUT2D eigenvalue weighted by atomic mass is 79.9. The van der Waals surface area contributed by atoms with E-state index in [0.717, 1.165) is 4.47 Å². The van der Waals surface area contributed by atoms with Crippen molar-refractivity contribution in [3.63, 3.8) is 0 Å². The molecule has 6 nitrogen and oxygen atoms in total. The summed E-state index contributed by atoms with van der Waals surface area (Å²) in [6, 6.07) is 18.4. The molecule has 0 saturated heterocycles. The molecule has 146 valence electrons. The Kier molecular flexibility index (Phi) is 6.79. The smallest absolute Gasteiger partial charge is 0.271 e. The van der Waals surface area contributed by atoms with E-state index in [9.17, 15) is 14.7 Å². The van der Waals surface area contributed by atoms with Crippen LogP contribution in [-0.4, -0.2) is 23.1 Å². The summed E-state index contributed by atoms with van der Waals surface area (Å²) in [5, 5.41) is 16.4. The van der Waals surface area contributed by atoms with E-state index in [1.54, 1.807) is 54.6 Å². The van der Waals surface area contributed by atoms with Crippen LogP contribution in [0.4, 0.5) is 5.69 Å². The standard InChI is InChI=1S/C21H15Br2N3O3/c22-15-7-10-19(27)14(11-15)12-24-26-20(28)13-5-8-16(9-6-13)25-21(29)17-3-1-2-4-18(17)23/h1-12,27H,(H,25,29)(H,26,28)/b24-12-. The van der Waals surface area contributed by atoms with Crippen molar-refractivity contribution in [3.05, 3.63) is 92.4 Å². The van der Waals surface area contributed by atoms with Gasteiger partial charge in [0.15, 0.2) is 0 Å². The Hall–Kier alpha value is -2.97. The molecule has 2 amide bonds. The molecule has 0 fully saturated rings. The first-order valence-corrected chi connectivity index (χ1v) is 10.0. The van der Waals surface area contributed by atoms with Crippen molar-refractivity contribution in [2.75, 3.05) is 5.32 Å². The van der Waals surface area contributed by atoms with Gasteiger partial charge < -0.3 is 10.4 Å². The van der Waals surface area contributed by atoms with E-state index in [1.807, 2.05) is 6.07 Å². The van der Waals surface area contributed by atoms with E-state index in [0.29, 0.717) is 26.9 Å². The minimum absolute atomic E-state index is 0.0522. The van der Waals surface area contributed by atoms with E-state index in [-0.39, 0.29) is 11.7 Å². The Bertz CT molecular complexity index is 1080. The average Bonchev–Trinajstić information content (AvgIpc) is 2.71. The van der Waals surface area contributed by atoms with Gasteiger partial charge in [0.25, 0.3) is 11.8 Å². The third-order valence-electron chi connectivity index (χ3n) is 3.88. The Morgan fingerprint density at radius 2 is 1.66 bits per heavy atom. The molecular formula is C21H15Br2N3O3. The van der Waals surface area contributed by atoms with Crippen molar-refractivity contribution in [1.29, 1.82) is 0 Å². The molecule has 8 heteroatoms. The lowest BCUT2D eigenvalue weighted by atomic mass is 10.1. The highest BCUT2D eigenvalue weighted by Crippen LogP contribution is 2.20. The van der Waals surface area contributed by atoms with Crippen LogP contribution in [0.3, 0.4) is 0 Å². The van der Waals surface area contributed by atoms with Gasteiger partial charge >= 0.3 is 0 Å². The predicted octanol–water partition coefficient (Wildman–Crippen LogP) is 4.93. The molecular weight excluding hydrogens is 502 g/mol. The Morgan fingerprint density at radius 1 is 0.931 bits per heavy atom. The van der Waals surface area contributed by atoms with Gasteiger partial charge in [0, 0.05) is 25.8 Å². The van der Waals surface area contributed by atoms with Crippen molar-refractivity contribution in [1.82, 2.24) is 5.43 Å². The maximum Gasteiger partial charge on any atom is 0.271 e. The summed E-state index contributed by atoms with van der Waals surface area (Å²) in [5.74, 6) is -0.621. The second-order valence-corrected chi connectivity index (χ2v) is 7.68. The van der Waals surface area contributed by atoms with E-state index in [2.05, 4.69) is 47.7 Å². The number of benzene rings is 3. The first kappa shape index (κ1) is 20.8. The lowest BCUT2D eigenvalue weighted by Gasteiger charge is -2.07. The van der Waals surface area contributed by atoms with Gasteiger partial charge in [-0.2, -0.15) is 5.10 Å². The second-order valence-electron chi connectivity index (χ2n) is 5.91. The molecule has 0 saturated carbocycles. The number of anilines is 1. The van der Waals surface area contributed by atoms with Crippen LogP contribution in [-0.2, 0) is 0 Å². The molecule has 0 unspecified atom stereocenters. The number of aromatic hydroxyl groups is 1. The maximum absolute atomic E-state index is 12.3. The van der Waals surface area contributed by atoms with Crippen molar-refractivity contribution in [3.8, 4) is 5.75 Å². The summed E-state index contributed by atoms with van der Waals surface area (Å²) in [7, 11) is 0. The Balaban J connectivity index is 1.61. The van der Waals surface area contributed by atoms with Gasteiger partial charge in [-0.05, 0) is 70.5 Å². The Morgan fingerprint density at radius 3 is 2.38 bits per heavy atom. The van der Waals surface area contributed by atoms with E-state index in [4.69, 9.17) is 0 Å². The summed E-state index contributed by atoms with van der Waals surface area (Å²) in [5.41, 5.74) is 4.31. The molecule has 0 bridgehead atoms. The fourth-order valence-electron chi connectivity index (χ4n) is 2.40. The molecule has 3 rings (SSSR count). The number of phenolic OH excluding ortho intramolecular Hbond substituents is 1. The summed E-state index contributed by atoms with van der Waals surface area (Å²) in [4.78, 5) is 24.5. The molecule has 0 radical (unpaired) electrons. The number of carbonyl (C=O) groups excluding carboxylic acids is 2. The van der Waals surface area contributed by atoms with Gasteiger partial charge in [0.05, 0.1) is 11.8 Å². The maximum atomic E-state index is 12.3. The van der Waals surface area contributed by atoms with E-state index >= 15 is 0 Å². The number of rotatable bonds is 5. The number of amides is 2. The van der Waals surface area contributed by atoms with E-state index < -0.39 is 5.91 Å². The van der Waals surface area contributed by atoms with Crippen molar-refractivity contribution in [2.45, 2.75) is 0 Å². The van der Waals surface area contributed by atoms with Crippen molar-refractivity contribution < 1.29 is 14.7 Å². The van der Waals surface area contributed by atoms with Gasteiger partial charge in [-0.15, -0.1) is 0 Å². The fraction of sp³-hybridized carbons (Fsp3) is 0. The Labute approximate surface area is 183 Å². The second kappa shape index (κ2) is 9.49. The number of hydrogen-bond donors (Lipinski definition) is 3. The minimum Gasteiger partial charge on any atom is -0.507 e. The minimum atomic E-state index is -0.417. The van der Waals surface area contributed by atoms with Crippen LogP contribution in [0.2, 0.25) is 0 Å². The quantitative estimate of drug-likeness (QED) is 0.331. The van der Waals surface area contributed by atoms with Crippen LogP contribution in [0.25, 0.3) is 0 Å². The van der Waals surface area contributed by atoms with E-state index in [1.165, 1.54) is 12.3 Å². The van der Waals surface area contributed by atoms with Gasteiger partial charge in [0.1, 0.15) is 5.75 Å². The highest BCUT2D eigenvalue weighted by Gasteiger charge is 2.10. The number of halogens is 2. The van der Waals surface area contributed by atoms with Gasteiger partial charge in [-0.25, -0.2) is 5.43 Å². The van der Waals surface area contributed by atoms with Crippen LogP contribution in [0.1, 0.15) is 26.3 Å². The zero-order valence-electron chi connectivity index (χ0n) is 14.9. The van der Waals surface area contributed by atoms with Crippen molar-refractivity contribution >= 4 is 55.6 Å². The topological polar surface area (TPSA) is 90.8 Å². The van der Waals surface area contributed by atoms with Gasteiger partial charge in [-0.1, -0.05) is 28.1 Å². The first-order valence-electron chi connectivity index (χ1n) is 8.42. The molecule has 3 aromatic carbocycles. The molecule has 0 aliphatic heterocycles. The molecule has 3 N–H and O–H groups in total. The van der Waals surface area contributed by atoms with Gasteiger partial charge in [0.2, 0.25) is 0 Å². The molecule has 0 heterocycles. The predicted molar refractivity (Wildman–Crippen MR) is 119 cm³/mol. The molecule has 29 heavy (non-hydrogen) atoms. The fourth-order valence-corrected chi connectivity index (χ4v) is 3.25. The first-order chi connectivity index (χ1) is 13.9. The third-order valence-corrected chi connectivity index (χ3v) is 5.07.